The molecule has 0 aliphatic rings. The fourth-order valence-corrected chi connectivity index (χ4v) is 4.39. The Balaban J connectivity index is 1.67. The number of ether oxygens (including phenoxy) is 1. The largest absolute Gasteiger partial charge is 0.497 e. The molecule has 1 aromatic heterocycles. The van der Waals surface area contributed by atoms with E-state index in [-0.39, 0.29) is 5.91 Å². The number of aromatic nitrogens is 1. The third-order valence-corrected chi connectivity index (χ3v) is 6.26. The molecular formula is C25H24N2O2S. The number of thiazole rings is 1. The molecular weight excluding hydrogens is 392 g/mol. The molecule has 0 N–H and O–H groups in total. The summed E-state index contributed by atoms with van der Waals surface area (Å²) in [5.41, 5.74) is 5.41. The summed E-state index contributed by atoms with van der Waals surface area (Å²) in [7, 11) is 1.64. The highest BCUT2D eigenvalue weighted by Crippen LogP contribution is 2.32. The van der Waals surface area contributed by atoms with E-state index < -0.39 is 0 Å². The molecule has 1 heterocycles. The minimum atomic E-state index is 0.0246. The van der Waals surface area contributed by atoms with Crippen molar-refractivity contribution in [2.75, 3.05) is 12.0 Å². The summed E-state index contributed by atoms with van der Waals surface area (Å²) in [6, 6.07) is 21.9. The van der Waals surface area contributed by atoms with Crippen LogP contribution in [0.3, 0.4) is 0 Å². The van der Waals surface area contributed by atoms with E-state index in [4.69, 9.17) is 9.72 Å². The molecule has 5 heteroatoms. The fourth-order valence-electron chi connectivity index (χ4n) is 3.33. The van der Waals surface area contributed by atoms with Crippen LogP contribution in [0.15, 0.2) is 66.7 Å². The highest BCUT2D eigenvalue weighted by atomic mass is 32.1. The maximum absolute atomic E-state index is 13.3. The molecule has 0 spiro atoms. The Bertz CT molecular complexity index is 1130. The van der Waals surface area contributed by atoms with Gasteiger partial charge in [0, 0.05) is 0 Å². The van der Waals surface area contributed by atoms with E-state index in [1.54, 1.807) is 23.3 Å². The van der Waals surface area contributed by atoms with Crippen molar-refractivity contribution >= 4 is 32.6 Å². The number of aryl methyl sites for hydroxylation is 2. The molecule has 0 atom stereocenters. The zero-order chi connectivity index (χ0) is 21.1. The first-order valence-electron chi connectivity index (χ1n) is 9.88. The molecule has 0 aliphatic heterocycles. The summed E-state index contributed by atoms with van der Waals surface area (Å²) in [5, 5.41) is 0.734. The number of fused-ring (bicyclic) bond motifs is 1. The van der Waals surface area contributed by atoms with Crippen LogP contribution in [0, 0.1) is 13.8 Å². The van der Waals surface area contributed by atoms with Crippen LogP contribution >= 0.6 is 11.3 Å². The summed E-state index contributed by atoms with van der Waals surface area (Å²) >= 11 is 1.57. The monoisotopic (exact) mass is 416 g/mol. The molecule has 152 valence electrons. The first-order chi connectivity index (χ1) is 14.5. The standard InChI is InChI=1S/C25H24N2O2S/c1-17-13-22-23(14-18(17)2)30-25(26-22)27(16-20-7-5-4-6-8-20)24(28)15-19-9-11-21(29-3)12-10-19/h4-14H,15-16H2,1-3H3. The lowest BCUT2D eigenvalue weighted by Crippen LogP contribution is -2.31. The number of nitrogens with zero attached hydrogens (tertiary/aromatic N) is 2. The Kier molecular flexibility index (Phi) is 5.81. The Morgan fingerprint density at radius 1 is 0.967 bits per heavy atom. The lowest BCUT2D eigenvalue weighted by atomic mass is 10.1. The van der Waals surface area contributed by atoms with Crippen molar-refractivity contribution in [1.82, 2.24) is 4.98 Å². The summed E-state index contributed by atoms with van der Waals surface area (Å²) in [4.78, 5) is 19.9. The van der Waals surface area contributed by atoms with Gasteiger partial charge in [0.25, 0.3) is 0 Å². The number of hydrogen-bond acceptors (Lipinski definition) is 4. The summed E-state index contributed by atoms with van der Waals surface area (Å²) in [6.45, 7) is 4.68. The zero-order valence-corrected chi connectivity index (χ0v) is 18.2. The Hall–Kier alpha value is -3.18. The van der Waals surface area contributed by atoms with Gasteiger partial charge in [-0.05, 0) is 60.4 Å². The van der Waals surface area contributed by atoms with E-state index in [1.807, 2.05) is 54.6 Å². The maximum atomic E-state index is 13.3. The maximum Gasteiger partial charge on any atom is 0.233 e. The normalized spacial score (nSPS) is 10.9. The topological polar surface area (TPSA) is 42.4 Å². The number of amides is 1. The van der Waals surface area contributed by atoms with E-state index in [9.17, 15) is 4.79 Å². The van der Waals surface area contributed by atoms with E-state index in [0.29, 0.717) is 13.0 Å². The molecule has 0 saturated carbocycles. The van der Waals surface area contributed by atoms with Gasteiger partial charge >= 0.3 is 0 Å². The van der Waals surface area contributed by atoms with Crippen LogP contribution in [0.5, 0.6) is 5.75 Å². The first-order valence-corrected chi connectivity index (χ1v) is 10.7. The molecule has 4 nitrogen and oxygen atoms in total. The quantitative estimate of drug-likeness (QED) is 0.405. The second-order valence-electron chi connectivity index (χ2n) is 7.39. The van der Waals surface area contributed by atoms with Crippen LogP contribution in [0.1, 0.15) is 22.3 Å². The van der Waals surface area contributed by atoms with Crippen molar-refractivity contribution in [3.05, 3.63) is 89.0 Å². The van der Waals surface area contributed by atoms with Crippen LogP contribution in [-0.2, 0) is 17.8 Å². The van der Waals surface area contributed by atoms with Gasteiger partial charge in [-0.25, -0.2) is 4.98 Å². The molecule has 0 fully saturated rings. The summed E-state index contributed by atoms with van der Waals surface area (Å²) in [6.07, 6.45) is 0.310. The number of carbonyl (C=O) groups excluding carboxylic acids is 1. The van der Waals surface area contributed by atoms with Crippen LogP contribution < -0.4 is 9.64 Å². The molecule has 4 rings (SSSR count). The minimum absolute atomic E-state index is 0.0246. The lowest BCUT2D eigenvalue weighted by molar-refractivity contribution is -0.118. The van der Waals surface area contributed by atoms with Crippen molar-refractivity contribution in [3.8, 4) is 5.75 Å². The van der Waals surface area contributed by atoms with Crippen molar-refractivity contribution in [1.29, 1.82) is 0 Å². The van der Waals surface area contributed by atoms with E-state index in [1.165, 1.54) is 11.1 Å². The Morgan fingerprint density at radius 2 is 1.67 bits per heavy atom. The first kappa shape index (κ1) is 20.1. The predicted octanol–water partition coefficient (Wildman–Crippen LogP) is 5.70. The number of methoxy groups -OCH3 is 1. The van der Waals surface area contributed by atoms with Crippen LogP contribution in [-0.4, -0.2) is 18.0 Å². The highest BCUT2D eigenvalue weighted by Gasteiger charge is 2.21. The molecule has 0 saturated heterocycles. The molecule has 0 radical (unpaired) electrons. The SMILES string of the molecule is COc1ccc(CC(=O)N(Cc2ccccc2)c2nc3cc(C)c(C)cc3s2)cc1. The van der Waals surface area contributed by atoms with Gasteiger partial charge in [-0.1, -0.05) is 53.8 Å². The minimum Gasteiger partial charge on any atom is -0.497 e. The zero-order valence-electron chi connectivity index (χ0n) is 17.4. The highest BCUT2D eigenvalue weighted by molar-refractivity contribution is 7.22. The summed E-state index contributed by atoms with van der Waals surface area (Å²) in [5.74, 6) is 0.806. The Labute approximate surface area is 180 Å². The summed E-state index contributed by atoms with van der Waals surface area (Å²) < 4.78 is 6.32. The third kappa shape index (κ3) is 4.36. The van der Waals surface area contributed by atoms with Gasteiger partial charge in [0.05, 0.1) is 30.3 Å². The predicted molar refractivity (Wildman–Crippen MR) is 123 cm³/mol. The molecule has 3 aromatic carbocycles. The van der Waals surface area contributed by atoms with Gasteiger partial charge in [0.1, 0.15) is 5.75 Å². The smallest absolute Gasteiger partial charge is 0.233 e. The second kappa shape index (κ2) is 8.67. The van der Waals surface area contributed by atoms with Gasteiger partial charge in [-0.2, -0.15) is 0 Å². The number of hydrogen-bond donors (Lipinski definition) is 0. The molecule has 0 unspecified atom stereocenters. The molecule has 0 bridgehead atoms. The van der Waals surface area contributed by atoms with Gasteiger partial charge in [-0.3, -0.25) is 9.69 Å². The molecule has 0 aliphatic carbocycles. The van der Waals surface area contributed by atoms with Crippen LogP contribution in [0.4, 0.5) is 5.13 Å². The van der Waals surface area contributed by atoms with Crippen LogP contribution in [0.25, 0.3) is 10.2 Å². The van der Waals surface area contributed by atoms with Gasteiger partial charge < -0.3 is 4.74 Å². The average Bonchev–Trinajstić information content (AvgIpc) is 3.15. The molecule has 30 heavy (non-hydrogen) atoms. The van der Waals surface area contributed by atoms with Crippen molar-refractivity contribution in [3.63, 3.8) is 0 Å². The average molecular weight is 417 g/mol. The van der Waals surface area contributed by atoms with Crippen molar-refractivity contribution < 1.29 is 9.53 Å². The van der Waals surface area contributed by atoms with Gasteiger partial charge in [0.15, 0.2) is 5.13 Å². The Morgan fingerprint density at radius 3 is 2.37 bits per heavy atom. The van der Waals surface area contributed by atoms with Crippen molar-refractivity contribution in [2.24, 2.45) is 0 Å². The number of benzene rings is 3. The second-order valence-corrected chi connectivity index (χ2v) is 8.40. The number of anilines is 1. The van der Waals surface area contributed by atoms with E-state index in [2.05, 4.69) is 26.0 Å². The molecule has 1 amide bonds. The van der Waals surface area contributed by atoms with E-state index in [0.717, 1.165) is 32.2 Å². The number of rotatable bonds is 6. The molecule has 4 aromatic rings. The van der Waals surface area contributed by atoms with E-state index >= 15 is 0 Å². The van der Waals surface area contributed by atoms with Gasteiger partial charge in [0.2, 0.25) is 5.91 Å². The lowest BCUT2D eigenvalue weighted by Gasteiger charge is -2.20. The third-order valence-electron chi connectivity index (χ3n) is 5.22. The van der Waals surface area contributed by atoms with Gasteiger partial charge in [-0.15, -0.1) is 0 Å². The fraction of sp³-hybridized carbons (Fsp3) is 0.200. The van der Waals surface area contributed by atoms with Crippen LogP contribution in [0.2, 0.25) is 0 Å². The van der Waals surface area contributed by atoms with Crippen molar-refractivity contribution in [2.45, 2.75) is 26.8 Å². The number of carbonyl (C=O) groups is 1.